The molecule has 0 saturated heterocycles. The van der Waals surface area contributed by atoms with E-state index in [-0.39, 0.29) is 5.91 Å². The summed E-state index contributed by atoms with van der Waals surface area (Å²) in [6.07, 6.45) is 2.81. The zero-order chi connectivity index (χ0) is 17.3. The van der Waals surface area contributed by atoms with Gasteiger partial charge in [-0.1, -0.05) is 17.7 Å². The molecule has 2 aromatic carbocycles. The number of carbonyl (C=O) groups excluding carboxylic acids is 1. The van der Waals surface area contributed by atoms with E-state index in [2.05, 4.69) is 5.32 Å². The molecule has 0 radical (unpaired) electrons. The lowest BCUT2D eigenvalue weighted by Crippen LogP contribution is -2.34. The number of hydrogen-bond donors (Lipinski definition) is 1. The fourth-order valence-corrected chi connectivity index (χ4v) is 3.88. The highest BCUT2D eigenvalue weighted by Gasteiger charge is 2.24. The fourth-order valence-electron chi connectivity index (χ4n) is 2.77. The molecular weight excluding hydrogens is 348 g/mol. The molecule has 5 nitrogen and oxygen atoms in total. The maximum absolute atomic E-state index is 12.3. The molecule has 24 heavy (non-hydrogen) atoms. The molecule has 7 heteroatoms. The molecule has 126 valence electrons. The normalized spacial score (nSPS) is 14.2. The predicted molar refractivity (Wildman–Crippen MR) is 96.4 cm³/mol. The van der Waals surface area contributed by atoms with Gasteiger partial charge >= 0.3 is 0 Å². The Balaban J connectivity index is 1.88. The monoisotopic (exact) mass is 364 g/mol. The first-order chi connectivity index (χ1) is 11.3. The van der Waals surface area contributed by atoms with Crippen molar-refractivity contribution >= 4 is 38.9 Å². The van der Waals surface area contributed by atoms with Gasteiger partial charge in [-0.25, -0.2) is 8.42 Å². The van der Waals surface area contributed by atoms with E-state index in [1.165, 1.54) is 10.6 Å². The largest absolute Gasteiger partial charge is 0.322 e. The summed E-state index contributed by atoms with van der Waals surface area (Å²) in [6.45, 7) is 0.459. The van der Waals surface area contributed by atoms with E-state index in [0.717, 1.165) is 18.4 Å². The van der Waals surface area contributed by atoms with Crippen LogP contribution >= 0.6 is 11.6 Å². The molecule has 0 unspecified atom stereocenters. The van der Waals surface area contributed by atoms with Crippen molar-refractivity contribution in [1.82, 2.24) is 0 Å². The number of halogens is 1. The van der Waals surface area contributed by atoms with E-state index in [1.807, 2.05) is 6.07 Å². The summed E-state index contributed by atoms with van der Waals surface area (Å²) in [5, 5.41) is 3.36. The molecule has 1 aliphatic rings. The number of rotatable bonds is 3. The van der Waals surface area contributed by atoms with Gasteiger partial charge in [-0.05, 0) is 54.8 Å². The van der Waals surface area contributed by atoms with Crippen molar-refractivity contribution in [2.75, 3.05) is 22.4 Å². The van der Waals surface area contributed by atoms with Crippen LogP contribution in [0.4, 0.5) is 11.4 Å². The SMILES string of the molecule is CS(=O)(=O)N1CCCc2ccc(NC(=O)c3ccc(Cl)cc3)cc21. The zero-order valence-corrected chi connectivity index (χ0v) is 14.7. The molecule has 0 atom stereocenters. The van der Waals surface area contributed by atoms with Crippen molar-refractivity contribution in [2.45, 2.75) is 12.8 Å². The topological polar surface area (TPSA) is 66.5 Å². The molecule has 1 heterocycles. The van der Waals surface area contributed by atoms with Crippen LogP contribution in [0.5, 0.6) is 0 Å². The number of nitrogens with one attached hydrogen (secondary N) is 1. The third-order valence-electron chi connectivity index (χ3n) is 3.93. The van der Waals surface area contributed by atoms with Gasteiger partial charge in [-0.3, -0.25) is 9.10 Å². The first-order valence-electron chi connectivity index (χ1n) is 7.52. The average Bonchev–Trinajstić information content (AvgIpc) is 2.54. The zero-order valence-electron chi connectivity index (χ0n) is 13.1. The smallest absolute Gasteiger partial charge is 0.255 e. The minimum atomic E-state index is -3.34. The summed E-state index contributed by atoms with van der Waals surface area (Å²) in [5.41, 5.74) is 2.65. The number of fused-ring (bicyclic) bond motifs is 1. The van der Waals surface area contributed by atoms with Crippen LogP contribution in [-0.2, 0) is 16.4 Å². The van der Waals surface area contributed by atoms with Gasteiger partial charge < -0.3 is 5.32 Å². The molecule has 1 aliphatic heterocycles. The highest BCUT2D eigenvalue weighted by molar-refractivity contribution is 7.92. The van der Waals surface area contributed by atoms with Crippen LogP contribution in [0.15, 0.2) is 42.5 Å². The van der Waals surface area contributed by atoms with E-state index >= 15 is 0 Å². The van der Waals surface area contributed by atoms with Crippen molar-refractivity contribution < 1.29 is 13.2 Å². The van der Waals surface area contributed by atoms with Crippen molar-refractivity contribution in [3.05, 3.63) is 58.6 Å². The van der Waals surface area contributed by atoms with Crippen LogP contribution in [0, 0.1) is 0 Å². The minimum absolute atomic E-state index is 0.270. The Hall–Kier alpha value is -2.05. The van der Waals surface area contributed by atoms with Crippen LogP contribution in [0.25, 0.3) is 0 Å². The summed E-state index contributed by atoms with van der Waals surface area (Å²) in [5.74, 6) is -0.270. The van der Waals surface area contributed by atoms with Crippen molar-refractivity contribution in [1.29, 1.82) is 0 Å². The number of carbonyl (C=O) groups is 1. The quantitative estimate of drug-likeness (QED) is 0.908. The molecule has 1 N–H and O–H groups in total. The highest BCUT2D eigenvalue weighted by atomic mass is 35.5. The molecule has 0 bridgehead atoms. The van der Waals surface area contributed by atoms with Gasteiger partial charge in [-0.2, -0.15) is 0 Å². The predicted octanol–water partition coefficient (Wildman–Crippen LogP) is 3.30. The van der Waals surface area contributed by atoms with E-state index in [0.29, 0.717) is 28.5 Å². The van der Waals surface area contributed by atoms with Crippen LogP contribution in [-0.4, -0.2) is 27.1 Å². The Morgan fingerprint density at radius 3 is 2.54 bits per heavy atom. The van der Waals surface area contributed by atoms with Gasteiger partial charge in [-0.15, -0.1) is 0 Å². The summed E-state index contributed by atoms with van der Waals surface area (Å²) in [4.78, 5) is 12.3. The highest BCUT2D eigenvalue weighted by Crippen LogP contribution is 2.31. The second-order valence-corrected chi connectivity index (χ2v) is 8.09. The summed E-state index contributed by atoms with van der Waals surface area (Å²) in [7, 11) is -3.34. The number of sulfonamides is 1. The molecule has 0 spiro atoms. The lowest BCUT2D eigenvalue weighted by atomic mass is 10.0. The number of aryl methyl sites for hydroxylation is 1. The lowest BCUT2D eigenvalue weighted by Gasteiger charge is -2.29. The van der Waals surface area contributed by atoms with Crippen LogP contribution in [0.3, 0.4) is 0 Å². The molecule has 0 saturated carbocycles. The number of anilines is 2. The number of amides is 1. The minimum Gasteiger partial charge on any atom is -0.322 e. The summed E-state index contributed by atoms with van der Waals surface area (Å²) < 4.78 is 25.3. The van der Waals surface area contributed by atoms with Crippen LogP contribution in [0.2, 0.25) is 5.02 Å². The van der Waals surface area contributed by atoms with E-state index < -0.39 is 10.0 Å². The third-order valence-corrected chi connectivity index (χ3v) is 5.36. The fraction of sp³-hybridized carbons (Fsp3) is 0.235. The average molecular weight is 365 g/mol. The van der Waals surface area contributed by atoms with Gasteiger partial charge in [0.1, 0.15) is 0 Å². The number of benzene rings is 2. The van der Waals surface area contributed by atoms with Crippen molar-refractivity contribution in [3.8, 4) is 0 Å². The molecule has 1 amide bonds. The Morgan fingerprint density at radius 2 is 1.88 bits per heavy atom. The molecule has 0 aromatic heterocycles. The Bertz CT molecular complexity index is 879. The van der Waals surface area contributed by atoms with E-state index in [9.17, 15) is 13.2 Å². The molecule has 2 aromatic rings. The number of nitrogens with zero attached hydrogens (tertiary/aromatic N) is 1. The number of hydrogen-bond acceptors (Lipinski definition) is 3. The Labute approximate surface area is 146 Å². The second-order valence-electron chi connectivity index (χ2n) is 5.74. The molecule has 0 fully saturated rings. The van der Waals surface area contributed by atoms with Gasteiger partial charge in [0.25, 0.3) is 5.91 Å². The van der Waals surface area contributed by atoms with Crippen LogP contribution < -0.4 is 9.62 Å². The summed E-state index contributed by atoms with van der Waals surface area (Å²) >= 11 is 5.82. The second kappa shape index (κ2) is 6.45. The lowest BCUT2D eigenvalue weighted by molar-refractivity contribution is 0.102. The molecule has 3 rings (SSSR count). The summed E-state index contributed by atoms with van der Waals surface area (Å²) in [6, 6.07) is 11.9. The Morgan fingerprint density at radius 1 is 1.17 bits per heavy atom. The van der Waals surface area contributed by atoms with Gasteiger partial charge in [0.05, 0.1) is 11.9 Å². The first-order valence-corrected chi connectivity index (χ1v) is 9.75. The third kappa shape index (κ3) is 3.55. The Kier molecular flexibility index (Phi) is 4.51. The van der Waals surface area contributed by atoms with E-state index in [1.54, 1.807) is 36.4 Å². The molecular formula is C17H17ClN2O3S. The van der Waals surface area contributed by atoms with Crippen molar-refractivity contribution in [3.63, 3.8) is 0 Å². The van der Waals surface area contributed by atoms with Gasteiger partial charge in [0, 0.05) is 22.8 Å². The van der Waals surface area contributed by atoms with Gasteiger partial charge in [0.2, 0.25) is 10.0 Å². The molecule has 0 aliphatic carbocycles. The standard InChI is InChI=1S/C17H17ClN2O3S/c1-24(22,23)20-10-2-3-12-6-9-15(11-16(12)20)19-17(21)13-4-7-14(18)8-5-13/h4-9,11H,2-3,10H2,1H3,(H,19,21). The first kappa shape index (κ1) is 16.8. The maximum Gasteiger partial charge on any atom is 0.255 e. The van der Waals surface area contributed by atoms with Gasteiger partial charge in [0.15, 0.2) is 0 Å². The van der Waals surface area contributed by atoms with Crippen LogP contribution in [0.1, 0.15) is 22.3 Å². The maximum atomic E-state index is 12.3. The van der Waals surface area contributed by atoms with E-state index in [4.69, 9.17) is 11.6 Å². The van der Waals surface area contributed by atoms with Crippen molar-refractivity contribution in [2.24, 2.45) is 0 Å².